The summed E-state index contributed by atoms with van der Waals surface area (Å²) in [6, 6.07) is 0. The van der Waals surface area contributed by atoms with Gasteiger partial charge in [0.25, 0.3) is 0 Å². The second kappa shape index (κ2) is 10.1. The molecule has 1 aliphatic rings. The second-order valence-corrected chi connectivity index (χ2v) is 5.93. The SMILES string of the molecule is CCNC(=NCC(C)C(=O)OC)N1CCC(CC(=O)NC)CC1. The Kier molecular flexibility index (Phi) is 8.43. The monoisotopic (exact) mass is 326 g/mol. The third kappa shape index (κ3) is 6.46. The van der Waals surface area contributed by atoms with Crippen molar-refractivity contribution in [1.82, 2.24) is 15.5 Å². The highest BCUT2D eigenvalue weighted by atomic mass is 16.5. The van der Waals surface area contributed by atoms with Crippen molar-refractivity contribution >= 4 is 17.8 Å². The van der Waals surface area contributed by atoms with Crippen molar-refractivity contribution in [1.29, 1.82) is 0 Å². The number of nitrogens with one attached hydrogen (secondary N) is 2. The molecule has 0 saturated carbocycles. The molecule has 132 valence electrons. The van der Waals surface area contributed by atoms with E-state index in [1.807, 2.05) is 13.8 Å². The first kappa shape index (κ1) is 19.3. The number of hydrogen-bond donors (Lipinski definition) is 2. The lowest BCUT2D eigenvalue weighted by Gasteiger charge is -2.34. The summed E-state index contributed by atoms with van der Waals surface area (Å²) in [6.07, 6.45) is 2.55. The maximum absolute atomic E-state index is 11.5. The second-order valence-electron chi connectivity index (χ2n) is 5.93. The van der Waals surface area contributed by atoms with Gasteiger partial charge in [-0.1, -0.05) is 6.92 Å². The number of carbonyl (C=O) groups excluding carboxylic acids is 2. The fraction of sp³-hybridized carbons (Fsp3) is 0.812. The molecule has 1 atom stereocenters. The number of hydrogen-bond acceptors (Lipinski definition) is 4. The van der Waals surface area contributed by atoms with Gasteiger partial charge in [0, 0.05) is 33.1 Å². The molecule has 2 N–H and O–H groups in total. The van der Waals surface area contributed by atoms with Crippen LogP contribution in [0.15, 0.2) is 4.99 Å². The molecule has 1 aliphatic heterocycles. The van der Waals surface area contributed by atoms with E-state index < -0.39 is 0 Å². The van der Waals surface area contributed by atoms with E-state index in [1.54, 1.807) is 7.05 Å². The highest BCUT2D eigenvalue weighted by molar-refractivity contribution is 5.81. The highest BCUT2D eigenvalue weighted by Crippen LogP contribution is 2.20. The highest BCUT2D eigenvalue weighted by Gasteiger charge is 2.23. The van der Waals surface area contributed by atoms with Crippen molar-refractivity contribution in [3.63, 3.8) is 0 Å². The molecule has 7 heteroatoms. The summed E-state index contributed by atoms with van der Waals surface area (Å²) in [5.74, 6) is 0.883. The van der Waals surface area contributed by atoms with Gasteiger partial charge in [-0.25, -0.2) is 0 Å². The Hall–Kier alpha value is -1.79. The van der Waals surface area contributed by atoms with Crippen molar-refractivity contribution in [2.45, 2.75) is 33.1 Å². The number of likely N-dealkylation sites (tertiary alicyclic amines) is 1. The number of guanidine groups is 1. The van der Waals surface area contributed by atoms with E-state index in [2.05, 4.69) is 20.5 Å². The predicted octanol–water partition coefficient (Wildman–Crippen LogP) is 0.609. The first-order valence-electron chi connectivity index (χ1n) is 8.33. The van der Waals surface area contributed by atoms with Crippen LogP contribution < -0.4 is 10.6 Å². The van der Waals surface area contributed by atoms with Crippen LogP contribution in [0.3, 0.4) is 0 Å². The van der Waals surface area contributed by atoms with E-state index in [1.165, 1.54) is 7.11 Å². The largest absolute Gasteiger partial charge is 0.469 e. The first-order valence-corrected chi connectivity index (χ1v) is 8.33. The maximum atomic E-state index is 11.5. The fourth-order valence-corrected chi connectivity index (χ4v) is 2.64. The van der Waals surface area contributed by atoms with E-state index >= 15 is 0 Å². The average Bonchev–Trinajstić information content (AvgIpc) is 2.58. The Morgan fingerprint density at radius 3 is 2.52 bits per heavy atom. The number of esters is 1. The Balaban J connectivity index is 2.55. The topological polar surface area (TPSA) is 83.0 Å². The molecule has 0 bridgehead atoms. The molecule has 1 fully saturated rings. The number of aliphatic imine (C=N–C) groups is 1. The number of ether oxygens (including phenoxy) is 1. The average molecular weight is 326 g/mol. The Morgan fingerprint density at radius 1 is 1.35 bits per heavy atom. The van der Waals surface area contributed by atoms with Gasteiger partial charge in [-0.3, -0.25) is 14.6 Å². The predicted molar refractivity (Wildman–Crippen MR) is 90.1 cm³/mol. The molecular formula is C16H30N4O3. The molecule has 1 heterocycles. The van der Waals surface area contributed by atoms with Crippen LogP contribution in [0.2, 0.25) is 0 Å². The zero-order valence-corrected chi connectivity index (χ0v) is 14.7. The number of piperidine rings is 1. The third-order valence-electron chi connectivity index (χ3n) is 4.12. The molecule has 1 saturated heterocycles. The van der Waals surface area contributed by atoms with Crippen LogP contribution in [-0.2, 0) is 14.3 Å². The van der Waals surface area contributed by atoms with Crippen LogP contribution in [0.4, 0.5) is 0 Å². The Bertz CT molecular complexity index is 418. The summed E-state index contributed by atoms with van der Waals surface area (Å²) in [4.78, 5) is 29.7. The van der Waals surface area contributed by atoms with Crippen molar-refractivity contribution in [2.75, 3.05) is 40.3 Å². The van der Waals surface area contributed by atoms with Crippen LogP contribution in [-0.4, -0.2) is 63.1 Å². The van der Waals surface area contributed by atoms with Crippen molar-refractivity contribution in [3.8, 4) is 0 Å². The lowest BCUT2D eigenvalue weighted by atomic mass is 9.93. The molecule has 0 radical (unpaired) electrons. The molecule has 0 aliphatic carbocycles. The quantitative estimate of drug-likeness (QED) is 0.424. The summed E-state index contributed by atoms with van der Waals surface area (Å²) in [5.41, 5.74) is 0. The van der Waals surface area contributed by atoms with Gasteiger partial charge < -0.3 is 20.3 Å². The number of carbonyl (C=O) groups is 2. The lowest BCUT2D eigenvalue weighted by molar-refractivity contribution is -0.144. The van der Waals surface area contributed by atoms with Crippen LogP contribution >= 0.6 is 0 Å². The Labute approximate surface area is 138 Å². The van der Waals surface area contributed by atoms with Gasteiger partial charge in [0.1, 0.15) is 0 Å². The van der Waals surface area contributed by atoms with Crippen LogP contribution in [0, 0.1) is 11.8 Å². The van der Waals surface area contributed by atoms with Gasteiger partial charge in [0.05, 0.1) is 19.6 Å². The third-order valence-corrected chi connectivity index (χ3v) is 4.12. The van der Waals surface area contributed by atoms with E-state index in [0.29, 0.717) is 18.9 Å². The maximum Gasteiger partial charge on any atom is 0.310 e. The standard InChI is InChI=1S/C16H30N4O3/c1-5-18-16(19-11-12(2)15(22)23-4)20-8-6-13(7-9-20)10-14(21)17-3/h12-13H,5-11H2,1-4H3,(H,17,21)(H,18,19). The van der Waals surface area contributed by atoms with E-state index in [4.69, 9.17) is 4.74 Å². The van der Waals surface area contributed by atoms with E-state index in [-0.39, 0.29) is 17.8 Å². The molecule has 0 spiro atoms. The smallest absolute Gasteiger partial charge is 0.310 e. The van der Waals surface area contributed by atoms with Crippen molar-refractivity contribution < 1.29 is 14.3 Å². The first-order chi connectivity index (χ1) is 11.0. The summed E-state index contributed by atoms with van der Waals surface area (Å²) in [7, 11) is 3.07. The molecule has 1 amide bonds. The zero-order valence-electron chi connectivity index (χ0n) is 14.7. The van der Waals surface area contributed by atoms with Gasteiger partial charge in [0.2, 0.25) is 5.91 Å². The summed E-state index contributed by atoms with van der Waals surface area (Å²) in [5, 5.41) is 5.96. The molecular weight excluding hydrogens is 296 g/mol. The van der Waals surface area contributed by atoms with Gasteiger partial charge in [0.15, 0.2) is 5.96 Å². The summed E-state index contributed by atoms with van der Waals surface area (Å²) < 4.78 is 4.73. The molecule has 1 rings (SSSR count). The van der Waals surface area contributed by atoms with Crippen LogP contribution in [0.5, 0.6) is 0 Å². The van der Waals surface area contributed by atoms with E-state index in [9.17, 15) is 9.59 Å². The van der Waals surface area contributed by atoms with Gasteiger partial charge in [-0.2, -0.15) is 0 Å². The summed E-state index contributed by atoms with van der Waals surface area (Å²) >= 11 is 0. The Morgan fingerprint density at radius 2 is 2.00 bits per heavy atom. The minimum absolute atomic E-state index is 0.107. The molecule has 23 heavy (non-hydrogen) atoms. The fourth-order valence-electron chi connectivity index (χ4n) is 2.64. The van der Waals surface area contributed by atoms with E-state index in [0.717, 1.165) is 38.4 Å². The number of methoxy groups -OCH3 is 1. The zero-order chi connectivity index (χ0) is 17.2. The molecule has 1 unspecified atom stereocenters. The minimum atomic E-state index is -0.251. The van der Waals surface area contributed by atoms with Gasteiger partial charge >= 0.3 is 5.97 Å². The molecule has 0 aromatic heterocycles. The summed E-state index contributed by atoms with van der Waals surface area (Å²) in [6.45, 7) is 6.78. The molecule has 0 aromatic carbocycles. The number of amides is 1. The molecule has 0 aromatic rings. The number of rotatable bonds is 6. The van der Waals surface area contributed by atoms with Crippen molar-refractivity contribution in [2.24, 2.45) is 16.8 Å². The normalized spacial score (nSPS) is 17.6. The minimum Gasteiger partial charge on any atom is -0.469 e. The lowest BCUT2D eigenvalue weighted by Crippen LogP contribution is -2.46. The molecule has 7 nitrogen and oxygen atoms in total. The van der Waals surface area contributed by atoms with Gasteiger partial charge in [-0.05, 0) is 25.7 Å². The van der Waals surface area contributed by atoms with Gasteiger partial charge in [-0.15, -0.1) is 0 Å². The van der Waals surface area contributed by atoms with Crippen LogP contribution in [0.1, 0.15) is 33.1 Å². The number of nitrogens with zero attached hydrogens (tertiary/aromatic N) is 2. The van der Waals surface area contributed by atoms with Crippen molar-refractivity contribution in [3.05, 3.63) is 0 Å². The van der Waals surface area contributed by atoms with Crippen LogP contribution in [0.25, 0.3) is 0 Å².